The van der Waals surface area contributed by atoms with Crippen LogP contribution in [-0.2, 0) is 0 Å². The van der Waals surface area contributed by atoms with Gasteiger partial charge in [0.15, 0.2) is 17.3 Å². The van der Waals surface area contributed by atoms with E-state index in [1.165, 1.54) is 23.0 Å². The zero-order valence-corrected chi connectivity index (χ0v) is 18.4. The Balaban J connectivity index is 1.55. The van der Waals surface area contributed by atoms with Crippen LogP contribution >= 0.6 is 11.3 Å². The highest BCUT2D eigenvalue weighted by Gasteiger charge is 2.18. The normalized spacial score (nSPS) is 13.5. The summed E-state index contributed by atoms with van der Waals surface area (Å²) >= 11 is 1.28. The van der Waals surface area contributed by atoms with Crippen LogP contribution in [0.3, 0.4) is 0 Å². The number of nitrogens with zero attached hydrogens (tertiary/aromatic N) is 3. The van der Waals surface area contributed by atoms with Crippen molar-refractivity contribution in [2.24, 2.45) is 0 Å². The average molecular weight is 449 g/mol. The van der Waals surface area contributed by atoms with Gasteiger partial charge >= 0.3 is 0 Å². The summed E-state index contributed by atoms with van der Waals surface area (Å²) in [5.41, 5.74) is 2.33. The SMILES string of the molecule is COc1cc(-c2nc3s/c(=C\C4=Cc5ccccc5OC4)c(=O)n3n2)cc(OC)c1OC. The summed E-state index contributed by atoms with van der Waals surface area (Å²) in [6, 6.07) is 11.3. The van der Waals surface area contributed by atoms with Gasteiger partial charge in [-0.1, -0.05) is 29.5 Å². The van der Waals surface area contributed by atoms with Crippen LogP contribution in [0.1, 0.15) is 5.56 Å². The minimum Gasteiger partial charge on any atom is -0.493 e. The first-order valence-corrected chi connectivity index (χ1v) is 10.6. The molecule has 8 nitrogen and oxygen atoms in total. The molecule has 0 saturated carbocycles. The van der Waals surface area contributed by atoms with Crippen molar-refractivity contribution in [2.45, 2.75) is 0 Å². The lowest BCUT2D eigenvalue weighted by Gasteiger charge is -2.15. The monoisotopic (exact) mass is 449 g/mol. The van der Waals surface area contributed by atoms with Crippen molar-refractivity contribution < 1.29 is 18.9 Å². The lowest BCUT2D eigenvalue weighted by Crippen LogP contribution is -2.24. The third-order valence-corrected chi connectivity index (χ3v) is 6.03. The molecule has 2 aromatic heterocycles. The molecular formula is C23H19N3O5S. The van der Waals surface area contributed by atoms with Crippen molar-refractivity contribution in [3.05, 3.63) is 62.4 Å². The Hall–Kier alpha value is -3.85. The van der Waals surface area contributed by atoms with Crippen LogP contribution in [0.25, 0.3) is 28.5 Å². The minimum absolute atomic E-state index is 0.226. The molecule has 3 heterocycles. The van der Waals surface area contributed by atoms with Gasteiger partial charge in [-0.15, -0.1) is 5.10 Å². The molecule has 0 unspecified atom stereocenters. The van der Waals surface area contributed by atoms with Crippen LogP contribution in [0.5, 0.6) is 23.0 Å². The summed E-state index contributed by atoms with van der Waals surface area (Å²) in [6.45, 7) is 0.404. The molecule has 0 aliphatic carbocycles. The first kappa shape index (κ1) is 20.1. The first-order chi connectivity index (χ1) is 15.6. The standard InChI is InChI=1S/C23H19N3O5S/c1-28-17-10-15(11-18(29-2)20(17)30-3)21-24-23-26(25-21)22(27)19(32-23)9-13-8-14-6-4-5-7-16(14)31-12-13/h4-11H,12H2,1-3H3/b19-9-. The third kappa shape index (κ3) is 3.36. The maximum atomic E-state index is 12.9. The maximum absolute atomic E-state index is 12.9. The highest BCUT2D eigenvalue weighted by molar-refractivity contribution is 7.15. The molecule has 0 fully saturated rings. The summed E-state index contributed by atoms with van der Waals surface area (Å²) in [5, 5.41) is 4.42. The molecule has 0 spiro atoms. The van der Waals surface area contributed by atoms with Crippen LogP contribution in [0, 0.1) is 0 Å². The van der Waals surface area contributed by atoms with Gasteiger partial charge in [0.25, 0.3) is 5.56 Å². The number of ether oxygens (including phenoxy) is 4. The molecule has 162 valence electrons. The number of hydrogen-bond acceptors (Lipinski definition) is 8. The molecule has 0 atom stereocenters. The Bertz CT molecular complexity index is 1450. The Morgan fingerprint density at radius 2 is 1.84 bits per heavy atom. The van der Waals surface area contributed by atoms with E-state index in [1.807, 2.05) is 36.4 Å². The van der Waals surface area contributed by atoms with E-state index in [1.54, 1.807) is 26.4 Å². The summed E-state index contributed by atoms with van der Waals surface area (Å²) < 4.78 is 23.8. The van der Waals surface area contributed by atoms with E-state index in [0.29, 0.717) is 44.7 Å². The van der Waals surface area contributed by atoms with Gasteiger partial charge < -0.3 is 18.9 Å². The molecule has 0 N–H and O–H groups in total. The zero-order chi connectivity index (χ0) is 22.2. The number of thiazole rings is 1. The van der Waals surface area contributed by atoms with E-state index in [2.05, 4.69) is 10.1 Å². The van der Waals surface area contributed by atoms with Crippen LogP contribution < -0.4 is 29.0 Å². The lowest BCUT2D eigenvalue weighted by molar-refractivity contribution is 0.324. The van der Waals surface area contributed by atoms with Gasteiger partial charge in [0.1, 0.15) is 12.4 Å². The van der Waals surface area contributed by atoms with Crippen LogP contribution in [0.2, 0.25) is 0 Å². The number of rotatable bonds is 5. The van der Waals surface area contributed by atoms with Crippen molar-refractivity contribution in [1.82, 2.24) is 14.6 Å². The molecule has 0 bridgehead atoms. The molecule has 32 heavy (non-hydrogen) atoms. The molecule has 4 aromatic rings. The second kappa shape index (κ2) is 8.01. The summed E-state index contributed by atoms with van der Waals surface area (Å²) in [6.07, 6.45) is 3.86. The molecule has 0 amide bonds. The predicted octanol–water partition coefficient (Wildman–Crippen LogP) is 2.82. The van der Waals surface area contributed by atoms with E-state index >= 15 is 0 Å². The number of methoxy groups -OCH3 is 3. The average Bonchev–Trinajstić information content (AvgIpc) is 3.37. The van der Waals surface area contributed by atoms with Crippen molar-refractivity contribution in [1.29, 1.82) is 0 Å². The zero-order valence-electron chi connectivity index (χ0n) is 17.6. The van der Waals surface area contributed by atoms with Crippen LogP contribution in [0.4, 0.5) is 0 Å². The largest absolute Gasteiger partial charge is 0.493 e. The highest BCUT2D eigenvalue weighted by atomic mass is 32.1. The molecule has 1 aliphatic rings. The minimum atomic E-state index is -0.226. The molecule has 0 radical (unpaired) electrons. The van der Waals surface area contributed by atoms with E-state index < -0.39 is 0 Å². The van der Waals surface area contributed by atoms with Gasteiger partial charge in [0.2, 0.25) is 10.7 Å². The van der Waals surface area contributed by atoms with E-state index in [9.17, 15) is 4.79 Å². The fourth-order valence-electron chi connectivity index (χ4n) is 3.55. The first-order valence-electron chi connectivity index (χ1n) is 9.75. The van der Waals surface area contributed by atoms with Gasteiger partial charge in [-0.05, 0) is 35.9 Å². The van der Waals surface area contributed by atoms with E-state index in [-0.39, 0.29) is 5.56 Å². The Morgan fingerprint density at radius 1 is 1.09 bits per heavy atom. The highest BCUT2D eigenvalue weighted by Crippen LogP contribution is 2.40. The number of benzene rings is 2. The summed E-state index contributed by atoms with van der Waals surface area (Å²) in [7, 11) is 4.62. The smallest absolute Gasteiger partial charge is 0.291 e. The predicted molar refractivity (Wildman–Crippen MR) is 122 cm³/mol. The summed E-state index contributed by atoms with van der Waals surface area (Å²) in [5.74, 6) is 2.69. The number of aromatic nitrogens is 3. The number of fused-ring (bicyclic) bond motifs is 2. The van der Waals surface area contributed by atoms with Gasteiger partial charge in [-0.3, -0.25) is 4.79 Å². The van der Waals surface area contributed by atoms with Gasteiger partial charge in [-0.25, -0.2) is 0 Å². The van der Waals surface area contributed by atoms with Gasteiger partial charge in [-0.2, -0.15) is 9.50 Å². The number of hydrogen-bond donors (Lipinski definition) is 0. The number of para-hydroxylation sites is 1. The Kier molecular flexibility index (Phi) is 5.02. The van der Waals surface area contributed by atoms with Crippen molar-refractivity contribution in [3.8, 4) is 34.4 Å². The van der Waals surface area contributed by atoms with Crippen molar-refractivity contribution in [3.63, 3.8) is 0 Å². The maximum Gasteiger partial charge on any atom is 0.291 e. The third-order valence-electron chi connectivity index (χ3n) is 5.08. The Labute approximate surface area is 186 Å². The van der Waals surface area contributed by atoms with E-state index in [0.717, 1.165) is 16.9 Å². The molecule has 1 aliphatic heterocycles. The van der Waals surface area contributed by atoms with E-state index in [4.69, 9.17) is 18.9 Å². The fourth-order valence-corrected chi connectivity index (χ4v) is 4.47. The summed E-state index contributed by atoms with van der Waals surface area (Å²) in [4.78, 5) is 18.0. The quantitative estimate of drug-likeness (QED) is 0.463. The van der Waals surface area contributed by atoms with Crippen molar-refractivity contribution >= 4 is 28.4 Å². The molecule has 0 saturated heterocycles. The molecule has 2 aromatic carbocycles. The topological polar surface area (TPSA) is 84.2 Å². The Morgan fingerprint density at radius 3 is 2.53 bits per heavy atom. The van der Waals surface area contributed by atoms with Crippen LogP contribution in [0.15, 0.2) is 46.8 Å². The van der Waals surface area contributed by atoms with Crippen molar-refractivity contribution in [2.75, 3.05) is 27.9 Å². The van der Waals surface area contributed by atoms with Crippen LogP contribution in [-0.4, -0.2) is 42.5 Å². The van der Waals surface area contributed by atoms with Gasteiger partial charge in [0, 0.05) is 11.1 Å². The molecule has 5 rings (SSSR count). The van der Waals surface area contributed by atoms with Gasteiger partial charge in [0.05, 0.1) is 25.9 Å². The molecule has 9 heteroatoms. The second-order valence-electron chi connectivity index (χ2n) is 7.01. The fraction of sp³-hybridized carbons (Fsp3) is 0.174. The lowest BCUT2D eigenvalue weighted by atomic mass is 10.1. The second-order valence-corrected chi connectivity index (χ2v) is 8.01. The molecular weight excluding hydrogens is 430 g/mol.